The van der Waals surface area contributed by atoms with Crippen molar-refractivity contribution in [2.75, 3.05) is 25.1 Å². The molecule has 2 heterocycles. The molecule has 0 aliphatic carbocycles. The minimum Gasteiger partial charge on any atom is -0.481 e. The van der Waals surface area contributed by atoms with Crippen LogP contribution in [0.2, 0.25) is 0 Å². The smallest absolute Gasteiger partial charge is 0.341 e. The van der Waals surface area contributed by atoms with E-state index in [-0.39, 0.29) is 18.3 Å². The van der Waals surface area contributed by atoms with Crippen molar-refractivity contribution < 1.29 is 19.4 Å². The molecule has 0 amide bonds. The largest absolute Gasteiger partial charge is 0.481 e. The number of carbonyl (C=O) groups is 2. The second-order valence-corrected chi connectivity index (χ2v) is 4.47. The fraction of sp³-hybridized carbons (Fsp3) is 0.462. The second-order valence-electron chi connectivity index (χ2n) is 4.47. The normalized spacial score (nSPS) is 15.3. The van der Waals surface area contributed by atoms with Crippen molar-refractivity contribution in [1.82, 2.24) is 4.98 Å². The molecule has 2 rings (SSSR count). The molecule has 6 nitrogen and oxygen atoms in total. The Morgan fingerprint density at radius 2 is 2.05 bits per heavy atom. The van der Waals surface area contributed by atoms with Crippen LogP contribution in [0, 0.1) is 5.92 Å². The van der Waals surface area contributed by atoms with Gasteiger partial charge in [0.05, 0.1) is 13.0 Å². The summed E-state index contributed by atoms with van der Waals surface area (Å²) in [5.74, 6) is -0.919. The molecule has 1 aromatic heterocycles. The Balaban J connectivity index is 0.00000200. The molecule has 0 radical (unpaired) electrons. The van der Waals surface area contributed by atoms with E-state index in [2.05, 4.69) is 4.98 Å². The Labute approximate surface area is 123 Å². The SMILES string of the molecule is COC(=O)c1cccnc1N1CCC(C(=O)O)CC1.Cl. The van der Waals surface area contributed by atoms with Gasteiger partial charge in [-0.2, -0.15) is 0 Å². The molecule has 1 saturated heterocycles. The lowest BCUT2D eigenvalue weighted by molar-refractivity contribution is -0.142. The molecule has 0 atom stereocenters. The molecule has 20 heavy (non-hydrogen) atoms. The molecule has 1 aliphatic rings. The minimum atomic E-state index is -0.756. The topological polar surface area (TPSA) is 79.7 Å². The van der Waals surface area contributed by atoms with Gasteiger partial charge in [-0.25, -0.2) is 9.78 Å². The summed E-state index contributed by atoms with van der Waals surface area (Å²) >= 11 is 0. The number of carbonyl (C=O) groups excluding carboxylic acids is 1. The van der Waals surface area contributed by atoms with Crippen LogP contribution in [-0.2, 0) is 9.53 Å². The fourth-order valence-corrected chi connectivity index (χ4v) is 2.26. The number of pyridine rings is 1. The standard InChI is InChI=1S/C13H16N2O4.ClH/c1-19-13(18)10-3-2-6-14-11(10)15-7-4-9(5-8-15)12(16)17;/h2-3,6,9H,4-5,7-8H2,1H3,(H,16,17);1H. The van der Waals surface area contributed by atoms with Crippen LogP contribution >= 0.6 is 12.4 Å². The summed E-state index contributed by atoms with van der Waals surface area (Å²) in [5.41, 5.74) is 0.416. The van der Waals surface area contributed by atoms with Gasteiger partial charge in [0.25, 0.3) is 0 Å². The zero-order valence-electron chi connectivity index (χ0n) is 11.1. The first-order valence-corrected chi connectivity index (χ1v) is 6.14. The number of esters is 1. The first-order valence-electron chi connectivity index (χ1n) is 6.14. The summed E-state index contributed by atoms with van der Waals surface area (Å²) in [6.45, 7) is 1.16. The number of nitrogens with zero attached hydrogens (tertiary/aromatic N) is 2. The highest BCUT2D eigenvalue weighted by atomic mass is 35.5. The van der Waals surface area contributed by atoms with E-state index in [0.717, 1.165) is 0 Å². The summed E-state index contributed by atoms with van der Waals surface area (Å²) < 4.78 is 4.73. The van der Waals surface area contributed by atoms with Crippen molar-refractivity contribution in [2.45, 2.75) is 12.8 Å². The van der Waals surface area contributed by atoms with Crippen molar-refractivity contribution in [3.63, 3.8) is 0 Å². The molecule has 1 aliphatic heterocycles. The number of anilines is 1. The molecule has 7 heteroatoms. The summed E-state index contributed by atoms with van der Waals surface area (Å²) in [6.07, 6.45) is 2.74. The Hall–Kier alpha value is -1.82. The monoisotopic (exact) mass is 300 g/mol. The van der Waals surface area contributed by atoms with E-state index >= 15 is 0 Å². The van der Waals surface area contributed by atoms with Crippen LogP contribution in [-0.4, -0.2) is 42.2 Å². The number of carboxylic acids is 1. The lowest BCUT2D eigenvalue weighted by Crippen LogP contribution is -2.37. The predicted molar refractivity (Wildman–Crippen MR) is 75.4 cm³/mol. The first-order chi connectivity index (χ1) is 9.13. The van der Waals surface area contributed by atoms with Crippen LogP contribution in [0.1, 0.15) is 23.2 Å². The van der Waals surface area contributed by atoms with Gasteiger partial charge in [-0.05, 0) is 25.0 Å². The Kier molecular flexibility index (Phi) is 5.76. The minimum absolute atomic E-state index is 0. The van der Waals surface area contributed by atoms with E-state index in [9.17, 15) is 9.59 Å². The average molecular weight is 301 g/mol. The molecule has 0 unspecified atom stereocenters. The number of hydrogen-bond acceptors (Lipinski definition) is 5. The van der Waals surface area contributed by atoms with Gasteiger partial charge in [-0.3, -0.25) is 4.79 Å². The summed E-state index contributed by atoms with van der Waals surface area (Å²) in [6, 6.07) is 3.34. The molecular formula is C13H17ClN2O4. The van der Waals surface area contributed by atoms with Crippen LogP contribution in [0.15, 0.2) is 18.3 Å². The number of aromatic nitrogens is 1. The van der Waals surface area contributed by atoms with Gasteiger partial charge >= 0.3 is 11.9 Å². The molecule has 0 saturated carbocycles. The highest BCUT2D eigenvalue weighted by Gasteiger charge is 2.27. The van der Waals surface area contributed by atoms with Crippen molar-refractivity contribution >= 4 is 30.2 Å². The van der Waals surface area contributed by atoms with Crippen LogP contribution in [0.4, 0.5) is 5.82 Å². The van der Waals surface area contributed by atoms with Crippen molar-refractivity contribution in [3.8, 4) is 0 Å². The van der Waals surface area contributed by atoms with E-state index in [4.69, 9.17) is 9.84 Å². The maximum absolute atomic E-state index is 11.7. The van der Waals surface area contributed by atoms with Crippen LogP contribution in [0.3, 0.4) is 0 Å². The van der Waals surface area contributed by atoms with Gasteiger partial charge in [0.2, 0.25) is 0 Å². The first kappa shape index (κ1) is 16.2. The number of ether oxygens (including phenoxy) is 1. The van der Waals surface area contributed by atoms with E-state index in [1.54, 1.807) is 18.3 Å². The molecule has 1 aromatic rings. The fourth-order valence-electron chi connectivity index (χ4n) is 2.26. The molecule has 1 fully saturated rings. The van der Waals surface area contributed by atoms with Crippen LogP contribution < -0.4 is 4.90 Å². The lowest BCUT2D eigenvalue weighted by atomic mass is 9.97. The average Bonchev–Trinajstić information content (AvgIpc) is 2.46. The third-order valence-corrected chi connectivity index (χ3v) is 3.34. The molecule has 110 valence electrons. The maximum Gasteiger partial charge on any atom is 0.341 e. The van der Waals surface area contributed by atoms with Gasteiger partial charge in [0.1, 0.15) is 11.4 Å². The van der Waals surface area contributed by atoms with E-state index in [0.29, 0.717) is 37.3 Å². The number of aliphatic carboxylic acids is 1. The van der Waals surface area contributed by atoms with Crippen molar-refractivity contribution in [2.24, 2.45) is 5.92 Å². The molecule has 0 bridgehead atoms. The molecule has 1 N–H and O–H groups in total. The van der Waals surface area contributed by atoms with Gasteiger partial charge in [-0.1, -0.05) is 0 Å². The number of halogens is 1. The number of methoxy groups -OCH3 is 1. The lowest BCUT2D eigenvalue weighted by Gasteiger charge is -2.31. The molecule has 0 aromatic carbocycles. The highest BCUT2D eigenvalue weighted by molar-refractivity contribution is 5.94. The highest BCUT2D eigenvalue weighted by Crippen LogP contribution is 2.24. The third-order valence-electron chi connectivity index (χ3n) is 3.34. The second kappa shape index (κ2) is 7.09. The zero-order chi connectivity index (χ0) is 13.8. The molecular weight excluding hydrogens is 284 g/mol. The van der Waals surface area contributed by atoms with Crippen molar-refractivity contribution in [3.05, 3.63) is 23.9 Å². The number of piperidine rings is 1. The third kappa shape index (κ3) is 3.39. The number of rotatable bonds is 3. The molecule has 0 spiro atoms. The van der Waals surface area contributed by atoms with Crippen LogP contribution in [0.5, 0.6) is 0 Å². The van der Waals surface area contributed by atoms with Gasteiger partial charge < -0.3 is 14.7 Å². The van der Waals surface area contributed by atoms with Gasteiger partial charge in [-0.15, -0.1) is 12.4 Å². The summed E-state index contributed by atoms with van der Waals surface area (Å²) in [4.78, 5) is 28.7. The Morgan fingerprint density at radius 1 is 1.40 bits per heavy atom. The van der Waals surface area contributed by atoms with Gasteiger partial charge in [0, 0.05) is 19.3 Å². The number of carboxylic acid groups (broad SMARTS) is 1. The van der Waals surface area contributed by atoms with Crippen LogP contribution in [0.25, 0.3) is 0 Å². The summed E-state index contributed by atoms with van der Waals surface area (Å²) in [5, 5.41) is 8.97. The van der Waals surface area contributed by atoms with E-state index in [1.807, 2.05) is 4.90 Å². The number of hydrogen-bond donors (Lipinski definition) is 1. The predicted octanol–water partition coefficient (Wildman–Crippen LogP) is 1.59. The Morgan fingerprint density at radius 3 is 2.60 bits per heavy atom. The Bertz CT molecular complexity index is 487. The summed E-state index contributed by atoms with van der Waals surface area (Å²) in [7, 11) is 1.33. The maximum atomic E-state index is 11.7. The zero-order valence-corrected chi connectivity index (χ0v) is 11.9. The van der Waals surface area contributed by atoms with Crippen molar-refractivity contribution in [1.29, 1.82) is 0 Å². The quantitative estimate of drug-likeness (QED) is 0.854. The van der Waals surface area contributed by atoms with Gasteiger partial charge in [0.15, 0.2) is 0 Å². The van der Waals surface area contributed by atoms with E-state index < -0.39 is 11.9 Å². The van der Waals surface area contributed by atoms with E-state index in [1.165, 1.54) is 7.11 Å².